The van der Waals surface area contributed by atoms with E-state index >= 15 is 0 Å². The Bertz CT molecular complexity index is 1010. The molecule has 0 aromatic heterocycles. The van der Waals surface area contributed by atoms with E-state index in [4.69, 9.17) is 9.47 Å². The standard InChI is InChI=1S/C27H25NO4/c1-31-25(29)23-18-19-28(24(23)26(30)32-2)27(20-12-6-3-7-13-20,21-14-8-4-9-15-21)22-16-10-5-11-17-22/h3-18,24H,19H2,1-2H3/t24-/m0/s1. The van der Waals surface area contributed by atoms with E-state index in [0.717, 1.165) is 16.7 Å². The molecule has 1 atom stereocenters. The number of hydrogen-bond acceptors (Lipinski definition) is 5. The van der Waals surface area contributed by atoms with Gasteiger partial charge in [0.15, 0.2) is 0 Å². The Hall–Kier alpha value is -3.70. The van der Waals surface area contributed by atoms with Gasteiger partial charge in [0, 0.05) is 6.54 Å². The Morgan fingerprint density at radius 3 is 1.56 bits per heavy atom. The van der Waals surface area contributed by atoms with Crippen LogP contribution in [-0.2, 0) is 24.6 Å². The van der Waals surface area contributed by atoms with Crippen molar-refractivity contribution >= 4 is 11.9 Å². The Balaban J connectivity index is 2.04. The lowest BCUT2D eigenvalue weighted by molar-refractivity contribution is -0.149. The predicted octanol–water partition coefficient (Wildman–Crippen LogP) is 3.94. The predicted molar refractivity (Wildman–Crippen MR) is 122 cm³/mol. The van der Waals surface area contributed by atoms with Crippen LogP contribution in [0.5, 0.6) is 0 Å². The first kappa shape index (κ1) is 21.5. The van der Waals surface area contributed by atoms with Crippen LogP contribution in [-0.4, -0.2) is 43.6 Å². The number of hydrogen-bond donors (Lipinski definition) is 0. The highest BCUT2D eigenvalue weighted by Gasteiger charge is 2.51. The average molecular weight is 428 g/mol. The summed E-state index contributed by atoms with van der Waals surface area (Å²) in [5.41, 5.74) is 2.36. The van der Waals surface area contributed by atoms with Crippen molar-refractivity contribution < 1.29 is 19.1 Å². The number of benzene rings is 3. The molecule has 5 nitrogen and oxygen atoms in total. The molecule has 0 radical (unpaired) electrons. The summed E-state index contributed by atoms with van der Waals surface area (Å²) in [6.07, 6.45) is 1.76. The van der Waals surface area contributed by atoms with Gasteiger partial charge >= 0.3 is 11.9 Å². The van der Waals surface area contributed by atoms with Crippen LogP contribution in [0.1, 0.15) is 16.7 Å². The number of esters is 2. The van der Waals surface area contributed by atoms with E-state index in [9.17, 15) is 9.59 Å². The Kier molecular flexibility index (Phi) is 6.19. The van der Waals surface area contributed by atoms with E-state index in [1.165, 1.54) is 14.2 Å². The molecular formula is C27H25NO4. The summed E-state index contributed by atoms with van der Waals surface area (Å²) in [4.78, 5) is 27.7. The molecular weight excluding hydrogens is 402 g/mol. The second-order valence-corrected chi connectivity index (χ2v) is 7.54. The zero-order valence-corrected chi connectivity index (χ0v) is 18.1. The minimum absolute atomic E-state index is 0.284. The molecule has 0 N–H and O–H groups in total. The third-order valence-electron chi connectivity index (χ3n) is 5.97. The third-order valence-corrected chi connectivity index (χ3v) is 5.97. The van der Waals surface area contributed by atoms with E-state index in [2.05, 4.69) is 0 Å². The molecule has 1 heterocycles. The number of carbonyl (C=O) groups excluding carboxylic acids is 2. The van der Waals surface area contributed by atoms with Crippen molar-refractivity contribution in [3.8, 4) is 0 Å². The Labute approximate surface area is 187 Å². The summed E-state index contributed by atoms with van der Waals surface area (Å²) in [6, 6.07) is 29.1. The van der Waals surface area contributed by atoms with Gasteiger partial charge in [-0.15, -0.1) is 0 Å². The Morgan fingerprint density at radius 2 is 1.19 bits per heavy atom. The number of carbonyl (C=O) groups is 2. The van der Waals surface area contributed by atoms with Crippen molar-refractivity contribution in [1.82, 2.24) is 4.90 Å². The molecule has 1 aliphatic rings. The third kappa shape index (κ3) is 3.51. The fourth-order valence-corrected chi connectivity index (χ4v) is 4.63. The molecule has 32 heavy (non-hydrogen) atoms. The van der Waals surface area contributed by atoms with Crippen LogP contribution >= 0.6 is 0 Å². The zero-order valence-electron chi connectivity index (χ0n) is 18.1. The van der Waals surface area contributed by atoms with Gasteiger partial charge in [0.1, 0.15) is 6.04 Å². The van der Waals surface area contributed by atoms with Gasteiger partial charge in [-0.05, 0) is 16.7 Å². The monoisotopic (exact) mass is 427 g/mol. The topological polar surface area (TPSA) is 55.8 Å². The number of ether oxygens (including phenoxy) is 2. The van der Waals surface area contributed by atoms with Gasteiger partial charge in [-0.3, -0.25) is 4.90 Å². The highest BCUT2D eigenvalue weighted by Crippen LogP contribution is 2.46. The van der Waals surface area contributed by atoms with Crippen LogP contribution in [0.3, 0.4) is 0 Å². The van der Waals surface area contributed by atoms with Crippen molar-refractivity contribution in [1.29, 1.82) is 0 Å². The fourth-order valence-electron chi connectivity index (χ4n) is 4.63. The molecule has 162 valence electrons. The minimum atomic E-state index is -0.923. The van der Waals surface area contributed by atoms with Crippen LogP contribution in [0.15, 0.2) is 103 Å². The first-order valence-electron chi connectivity index (χ1n) is 10.4. The molecule has 3 aromatic rings. The largest absolute Gasteiger partial charge is 0.468 e. The smallest absolute Gasteiger partial charge is 0.335 e. The summed E-state index contributed by atoms with van der Waals surface area (Å²) >= 11 is 0. The van der Waals surface area contributed by atoms with Crippen LogP contribution in [0, 0.1) is 0 Å². The van der Waals surface area contributed by atoms with Crippen molar-refractivity contribution in [3.63, 3.8) is 0 Å². The van der Waals surface area contributed by atoms with Gasteiger partial charge in [-0.25, -0.2) is 9.59 Å². The molecule has 4 rings (SSSR count). The zero-order chi connectivity index (χ0) is 22.6. The van der Waals surface area contributed by atoms with E-state index < -0.39 is 23.5 Å². The quantitative estimate of drug-likeness (QED) is 0.441. The van der Waals surface area contributed by atoms with Crippen molar-refractivity contribution in [3.05, 3.63) is 119 Å². The summed E-state index contributed by atoms with van der Waals surface area (Å²) < 4.78 is 10.2. The van der Waals surface area contributed by atoms with Gasteiger partial charge in [0.25, 0.3) is 0 Å². The molecule has 0 bridgehead atoms. The summed E-state index contributed by atoms with van der Waals surface area (Å²) in [6.45, 7) is 0.364. The minimum Gasteiger partial charge on any atom is -0.468 e. The SMILES string of the molecule is COC(=O)C1=CCN(C(c2ccccc2)(c2ccccc2)c2ccccc2)[C@@H]1C(=O)OC. The van der Waals surface area contributed by atoms with Gasteiger partial charge in [-0.1, -0.05) is 97.1 Å². The van der Waals surface area contributed by atoms with Crippen molar-refractivity contribution in [2.45, 2.75) is 11.6 Å². The summed E-state index contributed by atoms with van der Waals surface area (Å²) in [5.74, 6) is -1.04. The molecule has 1 aliphatic heterocycles. The highest BCUT2D eigenvalue weighted by molar-refractivity contribution is 5.98. The summed E-state index contributed by atoms with van der Waals surface area (Å²) in [5, 5.41) is 0. The Morgan fingerprint density at radius 1 is 0.750 bits per heavy atom. The molecule has 0 fully saturated rings. The molecule has 0 saturated carbocycles. The van der Waals surface area contributed by atoms with Crippen LogP contribution < -0.4 is 0 Å². The average Bonchev–Trinajstić information content (AvgIpc) is 3.31. The molecule has 5 heteroatoms. The van der Waals surface area contributed by atoms with Gasteiger partial charge in [0.05, 0.1) is 25.3 Å². The van der Waals surface area contributed by atoms with Crippen molar-refractivity contribution in [2.24, 2.45) is 0 Å². The lowest BCUT2D eigenvalue weighted by atomic mass is 9.75. The van der Waals surface area contributed by atoms with E-state index in [1.54, 1.807) is 6.08 Å². The van der Waals surface area contributed by atoms with Gasteiger partial charge in [-0.2, -0.15) is 0 Å². The van der Waals surface area contributed by atoms with Crippen molar-refractivity contribution in [2.75, 3.05) is 20.8 Å². The maximum atomic E-state index is 13.1. The second-order valence-electron chi connectivity index (χ2n) is 7.54. The first-order chi connectivity index (χ1) is 15.6. The highest BCUT2D eigenvalue weighted by atomic mass is 16.5. The normalized spacial score (nSPS) is 16.3. The maximum Gasteiger partial charge on any atom is 0.335 e. The maximum absolute atomic E-state index is 13.1. The molecule has 0 spiro atoms. The summed E-state index contributed by atoms with van der Waals surface area (Å²) in [7, 11) is 2.65. The van der Waals surface area contributed by atoms with Gasteiger partial charge in [0.2, 0.25) is 0 Å². The lowest BCUT2D eigenvalue weighted by Gasteiger charge is -2.46. The number of methoxy groups -OCH3 is 2. The van der Waals surface area contributed by atoms with Crippen LogP contribution in [0.4, 0.5) is 0 Å². The van der Waals surface area contributed by atoms with Crippen LogP contribution in [0.25, 0.3) is 0 Å². The first-order valence-corrected chi connectivity index (χ1v) is 10.4. The van der Waals surface area contributed by atoms with Gasteiger partial charge < -0.3 is 9.47 Å². The number of nitrogens with zero attached hydrogens (tertiary/aromatic N) is 1. The molecule has 0 aliphatic carbocycles. The van der Waals surface area contributed by atoms with Crippen LogP contribution in [0.2, 0.25) is 0 Å². The molecule has 0 saturated heterocycles. The van der Waals surface area contributed by atoms with E-state index in [0.29, 0.717) is 6.54 Å². The second kappa shape index (κ2) is 9.20. The van der Waals surface area contributed by atoms with E-state index in [-0.39, 0.29) is 5.57 Å². The molecule has 3 aromatic carbocycles. The molecule has 0 unspecified atom stereocenters. The fraction of sp³-hybridized carbons (Fsp3) is 0.185. The number of rotatable bonds is 6. The van der Waals surface area contributed by atoms with E-state index in [1.807, 2.05) is 95.9 Å². The lowest BCUT2D eigenvalue weighted by Crippen LogP contribution is -2.54. The molecule has 0 amide bonds.